The quantitative estimate of drug-likeness (QED) is 0.698. The lowest BCUT2D eigenvalue weighted by Gasteiger charge is -2.23. The van der Waals surface area contributed by atoms with E-state index >= 15 is 0 Å². The van der Waals surface area contributed by atoms with Crippen LogP contribution in [-0.2, 0) is 16.1 Å². The van der Waals surface area contributed by atoms with E-state index in [1.165, 1.54) is 0 Å². The lowest BCUT2D eigenvalue weighted by Crippen LogP contribution is -2.19. The fraction of sp³-hybridized carbons (Fsp3) is 0.381. The van der Waals surface area contributed by atoms with E-state index in [2.05, 4.69) is 29.1 Å². The fourth-order valence-corrected chi connectivity index (χ4v) is 3.69. The van der Waals surface area contributed by atoms with Crippen molar-refractivity contribution in [2.24, 2.45) is 0 Å². The first-order chi connectivity index (χ1) is 13.2. The molecular weight excluding hydrogens is 340 g/mol. The highest BCUT2D eigenvalue weighted by atomic mass is 16.5. The minimum Gasteiger partial charge on any atom is -0.380 e. The van der Waals surface area contributed by atoms with Crippen molar-refractivity contribution in [3.05, 3.63) is 47.4 Å². The normalized spacial score (nSPS) is 17.1. The molecule has 27 heavy (non-hydrogen) atoms. The van der Waals surface area contributed by atoms with Crippen LogP contribution >= 0.6 is 0 Å². The van der Waals surface area contributed by atoms with Crippen LogP contribution in [0.3, 0.4) is 0 Å². The van der Waals surface area contributed by atoms with Crippen LogP contribution in [0.15, 0.2) is 30.6 Å². The molecule has 6 nitrogen and oxygen atoms in total. The first-order valence-electron chi connectivity index (χ1n) is 9.19. The molecule has 4 rings (SSSR count). The molecule has 0 radical (unpaired) electrons. The van der Waals surface area contributed by atoms with Crippen LogP contribution in [-0.4, -0.2) is 28.5 Å². The van der Waals surface area contributed by atoms with E-state index in [0.29, 0.717) is 12.3 Å². The highest BCUT2D eigenvalue weighted by molar-refractivity contribution is 5.89. The van der Waals surface area contributed by atoms with Gasteiger partial charge in [-0.1, -0.05) is 6.07 Å². The molecule has 1 fully saturated rings. The number of aromatic nitrogens is 3. The monoisotopic (exact) mass is 362 g/mol. The number of nitriles is 1. The molecule has 1 saturated heterocycles. The van der Waals surface area contributed by atoms with E-state index < -0.39 is 0 Å². The Labute approximate surface area is 158 Å². The summed E-state index contributed by atoms with van der Waals surface area (Å²) in [5.74, 6) is 0. The first-order valence-corrected chi connectivity index (χ1v) is 9.19. The summed E-state index contributed by atoms with van der Waals surface area (Å²) in [4.78, 5) is 4.36. The van der Waals surface area contributed by atoms with Gasteiger partial charge in [0.2, 0.25) is 0 Å². The van der Waals surface area contributed by atoms with Gasteiger partial charge in [-0.05, 0) is 55.0 Å². The Morgan fingerprint density at radius 2 is 2.22 bits per heavy atom. The van der Waals surface area contributed by atoms with Gasteiger partial charge in [-0.3, -0.25) is 4.98 Å². The molecule has 0 aliphatic carbocycles. The number of pyridine rings is 1. The van der Waals surface area contributed by atoms with Crippen LogP contribution < -0.4 is 0 Å². The summed E-state index contributed by atoms with van der Waals surface area (Å²) in [6.07, 6.45) is 6.71. The van der Waals surface area contributed by atoms with Crippen LogP contribution in [0.5, 0.6) is 0 Å². The number of hydrogen-bond acceptors (Lipinski definition) is 5. The third-order valence-corrected chi connectivity index (χ3v) is 5.17. The summed E-state index contributed by atoms with van der Waals surface area (Å²) in [7, 11) is 1.68. The van der Waals surface area contributed by atoms with Crippen molar-refractivity contribution >= 4 is 10.9 Å². The van der Waals surface area contributed by atoms with Crippen molar-refractivity contribution in [2.75, 3.05) is 13.7 Å². The summed E-state index contributed by atoms with van der Waals surface area (Å²) in [6.45, 7) is 3.33. The minimum absolute atomic E-state index is 0.0948. The smallest absolute Gasteiger partial charge is 0.170 e. The zero-order valence-electron chi connectivity index (χ0n) is 15.6. The van der Waals surface area contributed by atoms with E-state index in [0.717, 1.165) is 59.0 Å². The topological polar surface area (TPSA) is 73.0 Å². The fourth-order valence-electron chi connectivity index (χ4n) is 3.69. The summed E-state index contributed by atoms with van der Waals surface area (Å²) in [5, 5.41) is 15.0. The van der Waals surface area contributed by atoms with E-state index in [4.69, 9.17) is 9.47 Å². The van der Waals surface area contributed by atoms with E-state index in [1.807, 2.05) is 29.2 Å². The largest absolute Gasteiger partial charge is 0.380 e. The number of benzene rings is 1. The van der Waals surface area contributed by atoms with Crippen molar-refractivity contribution in [2.45, 2.75) is 39.0 Å². The SMILES string of the molecule is COCc1cncc(-c2ccc3c(c2)c(C#N)nn3C2CCCCO2)c1C. The Morgan fingerprint density at radius 3 is 2.96 bits per heavy atom. The van der Waals surface area contributed by atoms with Crippen LogP contribution in [0.25, 0.3) is 22.0 Å². The average Bonchev–Trinajstić information content (AvgIpc) is 3.08. The summed E-state index contributed by atoms with van der Waals surface area (Å²) in [6, 6.07) is 8.35. The second-order valence-electron chi connectivity index (χ2n) is 6.86. The van der Waals surface area contributed by atoms with E-state index in [-0.39, 0.29) is 6.23 Å². The maximum Gasteiger partial charge on any atom is 0.170 e. The zero-order valence-corrected chi connectivity index (χ0v) is 15.6. The third kappa shape index (κ3) is 3.20. The number of methoxy groups -OCH3 is 1. The Balaban J connectivity index is 1.81. The number of rotatable bonds is 4. The second kappa shape index (κ2) is 7.47. The maximum absolute atomic E-state index is 9.58. The molecule has 0 bridgehead atoms. The van der Waals surface area contributed by atoms with E-state index in [9.17, 15) is 5.26 Å². The number of hydrogen-bond donors (Lipinski definition) is 0. The van der Waals surface area contributed by atoms with Gasteiger partial charge in [-0.2, -0.15) is 10.4 Å². The van der Waals surface area contributed by atoms with Gasteiger partial charge in [0.1, 0.15) is 6.07 Å². The minimum atomic E-state index is -0.0948. The summed E-state index contributed by atoms with van der Waals surface area (Å²) >= 11 is 0. The van der Waals surface area contributed by atoms with Crippen LogP contribution in [0.1, 0.15) is 42.3 Å². The molecule has 3 aromatic rings. The summed E-state index contributed by atoms with van der Waals surface area (Å²) in [5.41, 5.74) is 5.61. The van der Waals surface area contributed by atoms with Gasteiger partial charge in [-0.25, -0.2) is 4.68 Å². The summed E-state index contributed by atoms with van der Waals surface area (Å²) < 4.78 is 13.0. The van der Waals surface area contributed by atoms with Gasteiger partial charge in [0.05, 0.1) is 12.1 Å². The number of fused-ring (bicyclic) bond motifs is 1. The molecular formula is C21H22N4O2. The van der Waals surface area contributed by atoms with Gasteiger partial charge in [0, 0.05) is 37.1 Å². The van der Waals surface area contributed by atoms with Gasteiger partial charge in [0.25, 0.3) is 0 Å². The molecule has 0 amide bonds. The molecule has 1 unspecified atom stereocenters. The highest BCUT2D eigenvalue weighted by Crippen LogP contribution is 2.32. The Hall–Kier alpha value is -2.75. The van der Waals surface area contributed by atoms with Crippen LogP contribution in [0, 0.1) is 18.3 Å². The van der Waals surface area contributed by atoms with Crippen molar-refractivity contribution in [1.29, 1.82) is 5.26 Å². The molecule has 1 aromatic carbocycles. The van der Waals surface area contributed by atoms with Crippen molar-refractivity contribution in [1.82, 2.24) is 14.8 Å². The van der Waals surface area contributed by atoms with Crippen molar-refractivity contribution in [3.63, 3.8) is 0 Å². The Morgan fingerprint density at radius 1 is 1.33 bits per heavy atom. The van der Waals surface area contributed by atoms with Crippen molar-refractivity contribution in [3.8, 4) is 17.2 Å². The van der Waals surface area contributed by atoms with Gasteiger partial charge in [0.15, 0.2) is 11.9 Å². The Kier molecular flexibility index (Phi) is 4.88. The van der Waals surface area contributed by atoms with Crippen LogP contribution in [0.2, 0.25) is 0 Å². The average molecular weight is 362 g/mol. The van der Waals surface area contributed by atoms with Gasteiger partial charge >= 0.3 is 0 Å². The van der Waals surface area contributed by atoms with Crippen molar-refractivity contribution < 1.29 is 9.47 Å². The molecule has 1 atom stereocenters. The maximum atomic E-state index is 9.58. The number of nitrogens with zero attached hydrogens (tertiary/aromatic N) is 4. The first kappa shape index (κ1) is 17.7. The molecule has 1 aliphatic heterocycles. The highest BCUT2D eigenvalue weighted by Gasteiger charge is 2.21. The molecule has 0 N–H and O–H groups in total. The third-order valence-electron chi connectivity index (χ3n) is 5.17. The number of ether oxygens (including phenoxy) is 2. The second-order valence-corrected chi connectivity index (χ2v) is 6.86. The predicted molar refractivity (Wildman–Crippen MR) is 102 cm³/mol. The van der Waals surface area contributed by atoms with Crippen LogP contribution in [0.4, 0.5) is 0 Å². The molecule has 6 heteroatoms. The Bertz CT molecular complexity index is 1010. The molecule has 138 valence electrons. The molecule has 3 heterocycles. The van der Waals surface area contributed by atoms with Gasteiger partial charge < -0.3 is 9.47 Å². The zero-order chi connectivity index (χ0) is 18.8. The molecule has 1 aliphatic rings. The molecule has 0 spiro atoms. The molecule has 2 aromatic heterocycles. The lowest BCUT2D eigenvalue weighted by atomic mass is 9.98. The predicted octanol–water partition coefficient (Wildman–Crippen LogP) is 4.12. The standard InChI is InChI=1S/C21H22N4O2/c1-14-16(13-26-2)11-23-12-18(14)15-6-7-20-17(9-15)19(10-22)24-25(20)21-5-3-4-8-27-21/h6-7,9,11-12,21H,3-5,8,13H2,1-2H3. The van der Waals surface area contributed by atoms with E-state index in [1.54, 1.807) is 7.11 Å². The lowest BCUT2D eigenvalue weighted by molar-refractivity contribution is -0.0367. The van der Waals surface area contributed by atoms with Gasteiger partial charge in [-0.15, -0.1) is 0 Å². The molecule has 0 saturated carbocycles.